The molecule has 1 aromatic heterocycles. The molecule has 0 aliphatic heterocycles. The molecule has 1 heterocycles. The van der Waals surface area contributed by atoms with Crippen LogP contribution in [0.15, 0.2) is 82.5 Å². The maximum atomic E-state index is 13.1. The molecule has 0 radical (unpaired) electrons. The summed E-state index contributed by atoms with van der Waals surface area (Å²) in [6.07, 6.45) is 3.12. The smallest absolute Gasteiger partial charge is 0.243 e. The molecule has 2 aromatic carbocycles. The molecule has 4 nitrogen and oxygen atoms in total. The molecule has 0 atom stereocenters. The lowest BCUT2D eigenvalue weighted by atomic mass is 10.2. The van der Waals surface area contributed by atoms with E-state index in [1.54, 1.807) is 30.7 Å². The maximum absolute atomic E-state index is 13.1. The summed E-state index contributed by atoms with van der Waals surface area (Å²) in [5, 5.41) is 0. The Labute approximate surface area is 142 Å². The topological polar surface area (TPSA) is 50.5 Å². The van der Waals surface area contributed by atoms with Crippen molar-refractivity contribution >= 4 is 10.0 Å². The second-order valence-electron chi connectivity index (χ2n) is 5.70. The van der Waals surface area contributed by atoms with Crippen LogP contribution in [-0.4, -0.2) is 12.7 Å². The van der Waals surface area contributed by atoms with E-state index in [9.17, 15) is 8.42 Å². The van der Waals surface area contributed by atoms with Crippen LogP contribution in [0.25, 0.3) is 0 Å². The van der Waals surface area contributed by atoms with Crippen LogP contribution >= 0.6 is 0 Å². The van der Waals surface area contributed by atoms with Gasteiger partial charge in [-0.15, -0.1) is 0 Å². The lowest BCUT2D eigenvalue weighted by molar-refractivity contribution is 0.399. The van der Waals surface area contributed by atoms with Crippen molar-refractivity contribution in [2.45, 2.75) is 24.9 Å². The largest absolute Gasteiger partial charge is 0.472 e. The molecule has 0 saturated carbocycles. The fourth-order valence-corrected chi connectivity index (χ4v) is 3.87. The average molecular weight is 341 g/mol. The lowest BCUT2D eigenvalue weighted by Gasteiger charge is -2.22. The number of furan rings is 1. The maximum Gasteiger partial charge on any atom is 0.243 e. The summed E-state index contributed by atoms with van der Waals surface area (Å²) in [7, 11) is -3.60. The Morgan fingerprint density at radius 2 is 1.54 bits per heavy atom. The number of rotatable bonds is 6. The van der Waals surface area contributed by atoms with Crippen molar-refractivity contribution in [1.82, 2.24) is 4.31 Å². The predicted molar refractivity (Wildman–Crippen MR) is 92.8 cm³/mol. The zero-order valence-electron chi connectivity index (χ0n) is 13.4. The molecule has 124 valence electrons. The molecule has 3 rings (SSSR count). The third-order valence-corrected chi connectivity index (χ3v) is 5.61. The standard InChI is InChI=1S/C19H19NO3S/c1-16-7-9-19(10-8-16)24(21,22)20(14-18-11-12-23-15-18)13-17-5-3-2-4-6-17/h2-12,15H,13-14H2,1H3. The first-order valence-electron chi connectivity index (χ1n) is 7.67. The number of nitrogens with zero attached hydrogens (tertiary/aromatic N) is 1. The van der Waals surface area contributed by atoms with Crippen LogP contribution in [0.5, 0.6) is 0 Å². The van der Waals surface area contributed by atoms with Crippen molar-refractivity contribution in [2.24, 2.45) is 0 Å². The summed E-state index contributed by atoms with van der Waals surface area (Å²) in [5.74, 6) is 0. The van der Waals surface area contributed by atoms with Crippen LogP contribution in [-0.2, 0) is 23.1 Å². The van der Waals surface area contributed by atoms with E-state index < -0.39 is 10.0 Å². The van der Waals surface area contributed by atoms with E-state index in [0.29, 0.717) is 11.4 Å². The quantitative estimate of drug-likeness (QED) is 0.681. The normalized spacial score (nSPS) is 11.8. The molecule has 0 N–H and O–H groups in total. The first-order chi connectivity index (χ1) is 11.6. The Morgan fingerprint density at radius 1 is 0.875 bits per heavy atom. The molecule has 0 unspecified atom stereocenters. The van der Waals surface area contributed by atoms with Gasteiger partial charge in [0.25, 0.3) is 0 Å². The molecule has 0 fully saturated rings. The lowest BCUT2D eigenvalue weighted by Crippen LogP contribution is -2.30. The van der Waals surface area contributed by atoms with Crippen molar-refractivity contribution in [3.63, 3.8) is 0 Å². The van der Waals surface area contributed by atoms with Crippen LogP contribution < -0.4 is 0 Å². The minimum atomic E-state index is -3.60. The van der Waals surface area contributed by atoms with Crippen molar-refractivity contribution < 1.29 is 12.8 Å². The van der Waals surface area contributed by atoms with E-state index >= 15 is 0 Å². The third-order valence-electron chi connectivity index (χ3n) is 3.80. The van der Waals surface area contributed by atoms with Gasteiger partial charge in [-0.25, -0.2) is 8.42 Å². The van der Waals surface area contributed by atoms with Crippen LogP contribution in [0, 0.1) is 6.92 Å². The molecule has 5 heteroatoms. The van der Waals surface area contributed by atoms with Crippen molar-refractivity contribution in [1.29, 1.82) is 0 Å². The summed E-state index contributed by atoms with van der Waals surface area (Å²) in [4.78, 5) is 0.299. The summed E-state index contributed by atoms with van der Waals surface area (Å²) in [6, 6.07) is 18.3. The van der Waals surface area contributed by atoms with Gasteiger partial charge in [0, 0.05) is 18.7 Å². The zero-order chi connectivity index (χ0) is 17.0. The van der Waals surface area contributed by atoms with Crippen LogP contribution in [0.1, 0.15) is 16.7 Å². The molecule has 24 heavy (non-hydrogen) atoms. The summed E-state index contributed by atoms with van der Waals surface area (Å²) < 4.78 is 32.7. The van der Waals surface area contributed by atoms with Crippen molar-refractivity contribution in [3.8, 4) is 0 Å². The van der Waals surface area contributed by atoms with Gasteiger partial charge in [-0.2, -0.15) is 4.31 Å². The third kappa shape index (κ3) is 3.75. The number of hydrogen-bond donors (Lipinski definition) is 0. The minimum absolute atomic E-state index is 0.265. The summed E-state index contributed by atoms with van der Waals surface area (Å²) in [5.41, 5.74) is 2.79. The van der Waals surface area contributed by atoms with Gasteiger partial charge in [-0.1, -0.05) is 48.0 Å². The average Bonchev–Trinajstić information content (AvgIpc) is 3.09. The Kier molecular flexibility index (Phi) is 4.83. The van der Waals surface area contributed by atoms with Crippen LogP contribution in [0.3, 0.4) is 0 Å². The number of benzene rings is 2. The van der Waals surface area contributed by atoms with Crippen molar-refractivity contribution in [3.05, 3.63) is 89.9 Å². The molecule has 0 aliphatic rings. The molecule has 0 saturated heterocycles. The first kappa shape index (κ1) is 16.5. The van der Waals surface area contributed by atoms with Gasteiger partial charge < -0.3 is 4.42 Å². The molecular formula is C19H19NO3S. The van der Waals surface area contributed by atoms with E-state index in [4.69, 9.17) is 4.42 Å². The highest BCUT2D eigenvalue weighted by Gasteiger charge is 2.25. The Hall–Kier alpha value is -2.37. The Morgan fingerprint density at radius 3 is 2.17 bits per heavy atom. The fourth-order valence-electron chi connectivity index (χ4n) is 2.46. The number of sulfonamides is 1. The molecule has 0 bridgehead atoms. The van der Waals surface area contributed by atoms with Gasteiger partial charge in [0.05, 0.1) is 17.4 Å². The first-order valence-corrected chi connectivity index (χ1v) is 9.11. The number of aryl methyl sites for hydroxylation is 1. The highest BCUT2D eigenvalue weighted by Crippen LogP contribution is 2.21. The van der Waals surface area contributed by atoms with Gasteiger partial charge in [0.2, 0.25) is 10.0 Å². The molecule has 3 aromatic rings. The predicted octanol–water partition coefficient (Wildman–Crippen LogP) is 3.98. The number of hydrogen-bond acceptors (Lipinski definition) is 3. The van der Waals surface area contributed by atoms with Crippen LogP contribution in [0.4, 0.5) is 0 Å². The summed E-state index contributed by atoms with van der Waals surface area (Å²) in [6.45, 7) is 2.51. The Balaban J connectivity index is 1.94. The van der Waals surface area contributed by atoms with Gasteiger partial charge in [-0.3, -0.25) is 0 Å². The molecule has 0 aliphatic carbocycles. The van der Waals surface area contributed by atoms with Crippen molar-refractivity contribution in [2.75, 3.05) is 0 Å². The van der Waals surface area contributed by atoms with E-state index in [2.05, 4.69) is 0 Å². The van der Waals surface area contributed by atoms with Gasteiger partial charge in [-0.05, 0) is 30.7 Å². The minimum Gasteiger partial charge on any atom is -0.472 e. The van der Waals surface area contributed by atoms with Gasteiger partial charge >= 0.3 is 0 Å². The highest BCUT2D eigenvalue weighted by molar-refractivity contribution is 7.89. The zero-order valence-corrected chi connectivity index (χ0v) is 14.2. The Bertz CT molecular complexity index is 870. The van der Waals surface area contributed by atoms with Crippen LogP contribution in [0.2, 0.25) is 0 Å². The van der Waals surface area contributed by atoms with E-state index in [0.717, 1.165) is 16.7 Å². The van der Waals surface area contributed by atoms with E-state index in [1.807, 2.05) is 49.4 Å². The second-order valence-corrected chi connectivity index (χ2v) is 7.64. The molecular weight excluding hydrogens is 322 g/mol. The molecule has 0 spiro atoms. The SMILES string of the molecule is Cc1ccc(S(=O)(=O)N(Cc2ccccc2)Cc2ccoc2)cc1. The van der Waals surface area contributed by atoms with Gasteiger partial charge in [0.15, 0.2) is 0 Å². The highest BCUT2D eigenvalue weighted by atomic mass is 32.2. The van der Waals surface area contributed by atoms with Gasteiger partial charge in [0.1, 0.15) is 0 Å². The summed E-state index contributed by atoms with van der Waals surface area (Å²) >= 11 is 0. The van der Waals surface area contributed by atoms with E-state index in [-0.39, 0.29) is 6.54 Å². The second kappa shape index (κ2) is 7.03. The molecule has 0 amide bonds. The van der Waals surface area contributed by atoms with E-state index in [1.165, 1.54) is 4.31 Å². The monoisotopic (exact) mass is 341 g/mol. The fraction of sp³-hybridized carbons (Fsp3) is 0.158.